The van der Waals surface area contributed by atoms with Crippen LogP contribution in [0, 0.1) is 5.41 Å². The molecule has 2 saturated heterocycles. The van der Waals surface area contributed by atoms with Gasteiger partial charge in [-0.1, -0.05) is 13.3 Å². The van der Waals surface area contributed by atoms with Crippen LogP contribution < -0.4 is 5.32 Å². The maximum absolute atomic E-state index is 3.52. The van der Waals surface area contributed by atoms with E-state index in [-0.39, 0.29) is 0 Å². The summed E-state index contributed by atoms with van der Waals surface area (Å²) in [5.41, 5.74) is 0.584. The van der Waals surface area contributed by atoms with E-state index in [1.807, 2.05) is 0 Å². The van der Waals surface area contributed by atoms with Crippen molar-refractivity contribution in [3.8, 4) is 0 Å². The van der Waals surface area contributed by atoms with Gasteiger partial charge in [0.15, 0.2) is 0 Å². The Morgan fingerprint density at radius 2 is 1.80 bits per heavy atom. The van der Waals surface area contributed by atoms with Gasteiger partial charge in [-0.25, -0.2) is 0 Å². The number of rotatable bonds is 2. The van der Waals surface area contributed by atoms with Crippen LogP contribution in [-0.4, -0.2) is 37.6 Å². The third-order valence-electron chi connectivity index (χ3n) is 4.09. The number of likely N-dealkylation sites (tertiary alicyclic amines) is 1. The molecule has 0 aromatic carbocycles. The normalized spacial score (nSPS) is 35.0. The van der Waals surface area contributed by atoms with Gasteiger partial charge in [-0.05, 0) is 63.7 Å². The van der Waals surface area contributed by atoms with Gasteiger partial charge in [0.05, 0.1) is 0 Å². The standard InChI is InChI=1S/C13H26N2/c1-13(6-5-8-14-9-7-13)12-15-10-3-2-4-11-15/h14H,2-12H2,1H3. The number of nitrogens with one attached hydrogen (secondary N) is 1. The van der Waals surface area contributed by atoms with Crippen LogP contribution in [0.25, 0.3) is 0 Å². The van der Waals surface area contributed by atoms with Crippen molar-refractivity contribution in [2.45, 2.75) is 45.4 Å². The first kappa shape index (κ1) is 11.4. The zero-order valence-corrected chi connectivity index (χ0v) is 10.2. The van der Waals surface area contributed by atoms with Crippen molar-refractivity contribution < 1.29 is 0 Å². The molecule has 0 aliphatic carbocycles. The second kappa shape index (κ2) is 5.31. The van der Waals surface area contributed by atoms with E-state index in [4.69, 9.17) is 0 Å². The van der Waals surface area contributed by atoms with Crippen molar-refractivity contribution in [3.05, 3.63) is 0 Å². The summed E-state index contributed by atoms with van der Waals surface area (Å²) in [7, 11) is 0. The number of hydrogen-bond donors (Lipinski definition) is 1. The molecule has 2 aliphatic heterocycles. The van der Waals surface area contributed by atoms with E-state index in [1.165, 1.54) is 71.2 Å². The fraction of sp³-hybridized carbons (Fsp3) is 1.00. The van der Waals surface area contributed by atoms with Gasteiger partial charge in [0.1, 0.15) is 0 Å². The summed E-state index contributed by atoms with van der Waals surface area (Å²) >= 11 is 0. The minimum atomic E-state index is 0.584. The lowest BCUT2D eigenvalue weighted by atomic mass is 9.82. The number of nitrogens with zero attached hydrogens (tertiary/aromatic N) is 1. The molecule has 1 N–H and O–H groups in total. The maximum Gasteiger partial charge on any atom is 0.00358 e. The van der Waals surface area contributed by atoms with Crippen molar-refractivity contribution >= 4 is 0 Å². The highest BCUT2D eigenvalue weighted by molar-refractivity contribution is 4.82. The zero-order valence-electron chi connectivity index (χ0n) is 10.2. The molecule has 0 spiro atoms. The van der Waals surface area contributed by atoms with Crippen LogP contribution in [0.3, 0.4) is 0 Å². The van der Waals surface area contributed by atoms with Crippen molar-refractivity contribution in [2.75, 3.05) is 32.7 Å². The summed E-state index contributed by atoms with van der Waals surface area (Å²) in [5.74, 6) is 0. The monoisotopic (exact) mass is 210 g/mol. The van der Waals surface area contributed by atoms with Crippen LogP contribution in [0.5, 0.6) is 0 Å². The molecule has 2 rings (SSSR count). The third-order valence-corrected chi connectivity index (χ3v) is 4.09. The van der Waals surface area contributed by atoms with Crippen LogP contribution >= 0.6 is 0 Å². The molecule has 2 heteroatoms. The maximum atomic E-state index is 3.52. The quantitative estimate of drug-likeness (QED) is 0.752. The molecule has 88 valence electrons. The minimum Gasteiger partial charge on any atom is -0.317 e. The lowest BCUT2D eigenvalue weighted by Gasteiger charge is -2.36. The molecule has 2 nitrogen and oxygen atoms in total. The van der Waals surface area contributed by atoms with Gasteiger partial charge < -0.3 is 10.2 Å². The Morgan fingerprint density at radius 1 is 1.00 bits per heavy atom. The predicted molar refractivity (Wildman–Crippen MR) is 65.1 cm³/mol. The molecule has 2 fully saturated rings. The lowest BCUT2D eigenvalue weighted by Crippen LogP contribution is -2.39. The van der Waals surface area contributed by atoms with E-state index in [0.717, 1.165) is 0 Å². The first-order chi connectivity index (χ1) is 7.29. The zero-order chi connectivity index (χ0) is 10.6. The van der Waals surface area contributed by atoms with Gasteiger partial charge in [0, 0.05) is 6.54 Å². The number of hydrogen-bond acceptors (Lipinski definition) is 2. The van der Waals surface area contributed by atoms with E-state index < -0.39 is 0 Å². The average Bonchev–Trinajstić information content (AvgIpc) is 2.45. The summed E-state index contributed by atoms with van der Waals surface area (Å²) < 4.78 is 0. The van der Waals surface area contributed by atoms with Gasteiger partial charge in [-0.2, -0.15) is 0 Å². The van der Waals surface area contributed by atoms with E-state index in [9.17, 15) is 0 Å². The highest BCUT2D eigenvalue weighted by Crippen LogP contribution is 2.30. The summed E-state index contributed by atoms with van der Waals surface area (Å²) in [6.07, 6.45) is 8.45. The summed E-state index contributed by atoms with van der Waals surface area (Å²) in [5, 5.41) is 3.52. The second-order valence-electron chi connectivity index (χ2n) is 5.75. The van der Waals surface area contributed by atoms with Crippen molar-refractivity contribution in [1.82, 2.24) is 10.2 Å². The van der Waals surface area contributed by atoms with Crippen LogP contribution in [0.4, 0.5) is 0 Å². The van der Waals surface area contributed by atoms with E-state index >= 15 is 0 Å². The smallest absolute Gasteiger partial charge is 0.00358 e. The van der Waals surface area contributed by atoms with Gasteiger partial charge >= 0.3 is 0 Å². The highest BCUT2D eigenvalue weighted by atomic mass is 15.1. The molecular weight excluding hydrogens is 184 g/mol. The lowest BCUT2D eigenvalue weighted by molar-refractivity contribution is 0.130. The molecule has 0 radical (unpaired) electrons. The molecule has 2 aliphatic rings. The molecule has 1 unspecified atom stereocenters. The summed E-state index contributed by atoms with van der Waals surface area (Å²) in [4.78, 5) is 2.70. The summed E-state index contributed by atoms with van der Waals surface area (Å²) in [6, 6.07) is 0. The molecule has 2 heterocycles. The van der Waals surface area contributed by atoms with Gasteiger partial charge in [-0.3, -0.25) is 0 Å². The Hall–Kier alpha value is -0.0800. The Balaban J connectivity index is 1.83. The Kier molecular flexibility index (Phi) is 4.04. The molecule has 15 heavy (non-hydrogen) atoms. The van der Waals surface area contributed by atoms with Crippen LogP contribution in [0.1, 0.15) is 45.4 Å². The average molecular weight is 210 g/mol. The summed E-state index contributed by atoms with van der Waals surface area (Å²) in [6.45, 7) is 9.00. The largest absolute Gasteiger partial charge is 0.317 e. The molecule has 0 saturated carbocycles. The Labute approximate surface area is 94.4 Å². The van der Waals surface area contributed by atoms with Gasteiger partial charge in [0.2, 0.25) is 0 Å². The second-order valence-corrected chi connectivity index (χ2v) is 5.75. The van der Waals surface area contributed by atoms with Gasteiger partial charge in [-0.15, -0.1) is 0 Å². The highest BCUT2D eigenvalue weighted by Gasteiger charge is 2.28. The molecule has 1 atom stereocenters. The number of piperidine rings is 1. The molecule has 0 amide bonds. The predicted octanol–water partition coefficient (Wildman–Crippen LogP) is 2.25. The first-order valence-corrected chi connectivity index (χ1v) is 6.72. The molecule has 0 aromatic rings. The fourth-order valence-corrected chi connectivity index (χ4v) is 3.10. The molecular formula is C13H26N2. The topological polar surface area (TPSA) is 15.3 Å². The van der Waals surface area contributed by atoms with Crippen LogP contribution in [-0.2, 0) is 0 Å². The van der Waals surface area contributed by atoms with E-state index in [1.54, 1.807) is 0 Å². The van der Waals surface area contributed by atoms with Crippen molar-refractivity contribution in [2.24, 2.45) is 5.41 Å². The molecule has 0 bridgehead atoms. The molecule has 0 aromatic heterocycles. The fourth-order valence-electron chi connectivity index (χ4n) is 3.10. The van der Waals surface area contributed by atoms with Crippen molar-refractivity contribution in [1.29, 1.82) is 0 Å². The van der Waals surface area contributed by atoms with Crippen molar-refractivity contribution in [3.63, 3.8) is 0 Å². The third kappa shape index (κ3) is 3.46. The Bertz CT molecular complexity index is 177. The first-order valence-electron chi connectivity index (χ1n) is 6.72. The minimum absolute atomic E-state index is 0.584. The van der Waals surface area contributed by atoms with Crippen LogP contribution in [0.15, 0.2) is 0 Å². The van der Waals surface area contributed by atoms with Gasteiger partial charge in [0.25, 0.3) is 0 Å². The Morgan fingerprint density at radius 3 is 2.60 bits per heavy atom. The van der Waals surface area contributed by atoms with Crippen LogP contribution in [0.2, 0.25) is 0 Å². The van der Waals surface area contributed by atoms with E-state index in [2.05, 4.69) is 17.1 Å². The SMILES string of the molecule is CC1(CN2CCCCC2)CCCNCC1. The van der Waals surface area contributed by atoms with E-state index in [0.29, 0.717) is 5.41 Å².